The van der Waals surface area contributed by atoms with E-state index in [1.54, 1.807) is 0 Å². The van der Waals surface area contributed by atoms with E-state index in [4.69, 9.17) is 4.74 Å². The predicted molar refractivity (Wildman–Crippen MR) is 65.1 cm³/mol. The van der Waals surface area contributed by atoms with Crippen LogP contribution >= 0.6 is 0 Å². The van der Waals surface area contributed by atoms with Crippen LogP contribution in [0.25, 0.3) is 0 Å². The molecule has 0 saturated heterocycles. The first-order chi connectivity index (χ1) is 7.33. The van der Waals surface area contributed by atoms with Gasteiger partial charge >= 0.3 is 0 Å². The molecule has 0 radical (unpaired) electrons. The van der Waals surface area contributed by atoms with Crippen LogP contribution in [0, 0.1) is 5.92 Å². The molecule has 0 heterocycles. The highest BCUT2D eigenvalue weighted by atomic mass is 16.5. The zero-order chi connectivity index (χ0) is 10.9. The van der Waals surface area contributed by atoms with E-state index in [0.29, 0.717) is 6.10 Å². The second-order valence-electron chi connectivity index (χ2n) is 4.83. The molecule has 1 saturated carbocycles. The molecule has 0 bridgehead atoms. The summed E-state index contributed by atoms with van der Waals surface area (Å²) in [4.78, 5) is 0. The van der Waals surface area contributed by atoms with Gasteiger partial charge in [-0.25, -0.2) is 0 Å². The Morgan fingerprint density at radius 2 is 2.13 bits per heavy atom. The second-order valence-corrected chi connectivity index (χ2v) is 4.83. The third-order valence-corrected chi connectivity index (χ3v) is 3.24. The molecule has 2 atom stereocenters. The van der Waals surface area contributed by atoms with Gasteiger partial charge in [0, 0.05) is 6.61 Å². The monoisotopic (exact) mass is 213 g/mol. The van der Waals surface area contributed by atoms with Crippen molar-refractivity contribution in [1.29, 1.82) is 0 Å². The van der Waals surface area contributed by atoms with E-state index in [1.807, 2.05) is 0 Å². The van der Waals surface area contributed by atoms with E-state index in [9.17, 15) is 0 Å². The summed E-state index contributed by atoms with van der Waals surface area (Å²) < 4.78 is 5.91. The van der Waals surface area contributed by atoms with Crippen LogP contribution in [-0.2, 0) is 4.74 Å². The first kappa shape index (κ1) is 13.0. The fraction of sp³-hybridized carbons (Fsp3) is 1.00. The largest absolute Gasteiger partial charge is 0.378 e. The molecule has 0 amide bonds. The Morgan fingerprint density at radius 1 is 1.27 bits per heavy atom. The minimum Gasteiger partial charge on any atom is -0.378 e. The van der Waals surface area contributed by atoms with Gasteiger partial charge in [-0.05, 0) is 44.7 Å². The lowest BCUT2D eigenvalue weighted by Gasteiger charge is -2.26. The molecule has 2 heteroatoms. The Morgan fingerprint density at radius 3 is 2.87 bits per heavy atom. The van der Waals surface area contributed by atoms with Crippen LogP contribution in [0.4, 0.5) is 0 Å². The van der Waals surface area contributed by atoms with E-state index in [-0.39, 0.29) is 0 Å². The molecule has 15 heavy (non-hydrogen) atoms. The highest BCUT2D eigenvalue weighted by Gasteiger charge is 2.18. The van der Waals surface area contributed by atoms with Crippen molar-refractivity contribution in [3.8, 4) is 0 Å². The first-order valence-electron chi connectivity index (χ1n) is 6.65. The smallest absolute Gasteiger partial charge is 0.0577 e. The summed E-state index contributed by atoms with van der Waals surface area (Å²) in [5.41, 5.74) is 0. The lowest BCUT2D eigenvalue weighted by atomic mass is 9.89. The van der Waals surface area contributed by atoms with Gasteiger partial charge in [0.05, 0.1) is 6.10 Å². The van der Waals surface area contributed by atoms with Crippen LogP contribution in [0.5, 0.6) is 0 Å². The number of unbranched alkanes of at least 4 members (excludes halogenated alkanes) is 1. The average Bonchev–Trinajstić information content (AvgIpc) is 2.23. The average molecular weight is 213 g/mol. The SMILES string of the molecule is CCNCCCCOC1CCCC(C)C1. The van der Waals surface area contributed by atoms with Crippen molar-refractivity contribution in [2.45, 2.75) is 58.5 Å². The summed E-state index contributed by atoms with van der Waals surface area (Å²) >= 11 is 0. The van der Waals surface area contributed by atoms with Crippen molar-refractivity contribution in [1.82, 2.24) is 5.32 Å². The quantitative estimate of drug-likeness (QED) is 0.656. The summed E-state index contributed by atoms with van der Waals surface area (Å²) in [6.45, 7) is 7.69. The molecule has 0 aromatic carbocycles. The number of nitrogens with one attached hydrogen (secondary N) is 1. The summed E-state index contributed by atoms with van der Waals surface area (Å²) in [5, 5.41) is 3.34. The zero-order valence-corrected chi connectivity index (χ0v) is 10.4. The molecule has 0 aliphatic heterocycles. The van der Waals surface area contributed by atoms with E-state index >= 15 is 0 Å². The molecule has 2 nitrogen and oxygen atoms in total. The van der Waals surface area contributed by atoms with Crippen LogP contribution in [0.15, 0.2) is 0 Å². The maximum atomic E-state index is 5.91. The van der Waals surface area contributed by atoms with Gasteiger partial charge in [-0.3, -0.25) is 0 Å². The Hall–Kier alpha value is -0.0800. The molecule has 1 aliphatic carbocycles. The van der Waals surface area contributed by atoms with Gasteiger partial charge in [-0.1, -0.05) is 26.7 Å². The Balaban J connectivity index is 1.90. The normalized spacial score (nSPS) is 26.8. The maximum Gasteiger partial charge on any atom is 0.0577 e. The lowest BCUT2D eigenvalue weighted by molar-refractivity contribution is 0.0139. The molecular weight excluding hydrogens is 186 g/mol. The molecule has 1 fully saturated rings. The molecule has 90 valence electrons. The van der Waals surface area contributed by atoms with Crippen molar-refractivity contribution in [3.63, 3.8) is 0 Å². The van der Waals surface area contributed by atoms with Crippen molar-refractivity contribution in [3.05, 3.63) is 0 Å². The van der Waals surface area contributed by atoms with Crippen molar-refractivity contribution < 1.29 is 4.74 Å². The fourth-order valence-electron chi connectivity index (χ4n) is 2.31. The van der Waals surface area contributed by atoms with Crippen LogP contribution in [-0.4, -0.2) is 25.8 Å². The van der Waals surface area contributed by atoms with Gasteiger partial charge < -0.3 is 10.1 Å². The van der Waals surface area contributed by atoms with Gasteiger partial charge in [0.25, 0.3) is 0 Å². The van der Waals surface area contributed by atoms with E-state index in [0.717, 1.165) is 25.6 Å². The summed E-state index contributed by atoms with van der Waals surface area (Å²) in [7, 11) is 0. The molecule has 1 N–H and O–H groups in total. The van der Waals surface area contributed by atoms with E-state index in [1.165, 1.54) is 38.5 Å². The summed E-state index contributed by atoms with van der Waals surface area (Å²) in [6.07, 6.45) is 8.36. The van der Waals surface area contributed by atoms with Gasteiger partial charge in [0.2, 0.25) is 0 Å². The van der Waals surface area contributed by atoms with Gasteiger partial charge in [0.1, 0.15) is 0 Å². The molecule has 2 unspecified atom stereocenters. The minimum absolute atomic E-state index is 0.563. The third kappa shape index (κ3) is 6.16. The Labute approximate surface area is 94.8 Å². The van der Waals surface area contributed by atoms with Crippen LogP contribution in [0.1, 0.15) is 52.4 Å². The molecule has 1 aliphatic rings. The first-order valence-corrected chi connectivity index (χ1v) is 6.65. The standard InChI is InChI=1S/C13H27NO/c1-3-14-9-4-5-10-15-13-8-6-7-12(2)11-13/h12-14H,3-11H2,1-2H3. The summed E-state index contributed by atoms with van der Waals surface area (Å²) in [6, 6.07) is 0. The van der Waals surface area contributed by atoms with Gasteiger partial charge in [0.15, 0.2) is 0 Å². The molecule has 0 spiro atoms. The highest BCUT2D eigenvalue weighted by molar-refractivity contribution is 4.70. The zero-order valence-electron chi connectivity index (χ0n) is 10.4. The van der Waals surface area contributed by atoms with Crippen LogP contribution in [0.3, 0.4) is 0 Å². The molecule has 0 aromatic heterocycles. The minimum atomic E-state index is 0.563. The number of rotatable bonds is 7. The van der Waals surface area contributed by atoms with E-state index in [2.05, 4.69) is 19.2 Å². The van der Waals surface area contributed by atoms with Gasteiger partial charge in [-0.15, -0.1) is 0 Å². The molecule has 0 aromatic rings. The van der Waals surface area contributed by atoms with Crippen LogP contribution < -0.4 is 5.32 Å². The molecular formula is C13H27NO. The predicted octanol–water partition coefficient (Wildman–Crippen LogP) is 2.97. The Bertz CT molecular complexity index is 149. The topological polar surface area (TPSA) is 21.3 Å². The van der Waals surface area contributed by atoms with Crippen molar-refractivity contribution in [2.24, 2.45) is 5.92 Å². The number of hydrogen-bond donors (Lipinski definition) is 1. The van der Waals surface area contributed by atoms with Gasteiger partial charge in [-0.2, -0.15) is 0 Å². The van der Waals surface area contributed by atoms with Crippen LogP contribution in [0.2, 0.25) is 0 Å². The number of hydrogen-bond acceptors (Lipinski definition) is 2. The maximum absolute atomic E-state index is 5.91. The molecule has 1 rings (SSSR count). The van der Waals surface area contributed by atoms with Crippen molar-refractivity contribution >= 4 is 0 Å². The summed E-state index contributed by atoms with van der Waals surface area (Å²) in [5.74, 6) is 0.880. The van der Waals surface area contributed by atoms with Crippen molar-refractivity contribution in [2.75, 3.05) is 19.7 Å². The lowest BCUT2D eigenvalue weighted by Crippen LogP contribution is -2.22. The van der Waals surface area contributed by atoms with E-state index < -0.39 is 0 Å². The number of ether oxygens (including phenoxy) is 1. The third-order valence-electron chi connectivity index (χ3n) is 3.24. The second kappa shape index (κ2) is 8.12. The Kier molecular flexibility index (Phi) is 7.03. The fourth-order valence-corrected chi connectivity index (χ4v) is 2.31. The highest BCUT2D eigenvalue weighted by Crippen LogP contribution is 2.25.